The smallest absolute Gasteiger partial charge is 0.269 e. The molecule has 0 unspecified atom stereocenters. The average Bonchev–Trinajstić information content (AvgIpc) is 2.30. The number of nitrogens with two attached hydrogens (primary N) is 1. The minimum atomic E-state index is -0.549. The zero-order valence-electron chi connectivity index (χ0n) is 9.18. The second kappa shape index (κ2) is 4.44. The Hall–Kier alpha value is -1.69. The van der Waals surface area contributed by atoms with E-state index in [1.807, 2.05) is 0 Å². The molecule has 86 valence electrons. The summed E-state index contributed by atoms with van der Waals surface area (Å²) in [7, 11) is 0. The number of aromatic nitrogens is 2. The Morgan fingerprint density at radius 2 is 2.38 bits per heavy atom. The van der Waals surface area contributed by atoms with Crippen molar-refractivity contribution in [3.8, 4) is 0 Å². The third kappa shape index (κ3) is 2.11. The summed E-state index contributed by atoms with van der Waals surface area (Å²) in [6.07, 6.45) is 0. The summed E-state index contributed by atoms with van der Waals surface area (Å²) in [5.41, 5.74) is 5.31. The zero-order chi connectivity index (χ0) is 11.5. The van der Waals surface area contributed by atoms with Crippen LogP contribution in [0, 0.1) is 0 Å². The van der Waals surface area contributed by atoms with E-state index in [-0.39, 0.29) is 5.69 Å². The van der Waals surface area contributed by atoms with E-state index >= 15 is 0 Å². The van der Waals surface area contributed by atoms with Crippen molar-refractivity contribution in [3.05, 3.63) is 17.8 Å². The van der Waals surface area contributed by atoms with E-state index in [9.17, 15) is 4.79 Å². The Kier molecular flexibility index (Phi) is 3.00. The standard InChI is InChI=1S/C10H15N5O/c1-7-6-12-4-5-15(7)9-3-2-8(10(11)16)13-14-9/h2-3,7,12H,4-6H2,1H3,(H2,11,16)/t7-/m1/s1. The average molecular weight is 221 g/mol. The van der Waals surface area contributed by atoms with E-state index in [2.05, 4.69) is 27.3 Å². The molecule has 0 aliphatic carbocycles. The van der Waals surface area contributed by atoms with Gasteiger partial charge in [0.2, 0.25) is 0 Å². The van der Waals surface area contributed by atoms with Crippen LogP contribution in [0.15, 0.2) is 12.1 Å². The molecule has 1 aromatic heterocycles. The summed E-state index contributed by atoms with van der Waals surface area (Å²) in [5.74, 6) is 0.242. The van der Waals surface area contributed by atoms with Crippen molar-refractivity contribution in [2.75, 3.05) is 24.5 Å². The highest BCUT2D eigenvalue weighted by Crippen LogP contribution is 2.14. The van der Waals surface area contributed by atoms with Gasteiger partial charge in [-0.05, 0) is 19.1 Å². The third-order valence-corrected chi connectivity index (χ3v) is 2.70. The number of rotatable bonds is 2. The lowest BCUT2D eigenvalue weighted by Crippen LogP contribution is -2.50. The molecule has 1 aliphatic heterocycles. The number of carbonyl (C=O) groups is 1. The predicted octanol–water partition coefficient (Wildman–Crippen LogP) is -0.626. The summed E-state index contributed by atoms with van der Waals surface area (Å²) in [6.45, 7) is 4.88. The van der Waals surface area contributed by atoms with Gasteiger partial charge in [0.25, 0.3) is 5.91 Å². The zero-order valence-corrected chi connectivity index (χ0v) is 9.18. The minimum absolute atomic E-state index is 0.200. The number of anilines is 1. The van der Waals surface area contributed by atoms with Crippen molar-refractivity contribution in [3.63, 3.8) is 0 Å². The summed E-state index contributed by atoms with van der Waals surface area (Å²) >= 11 is 0. The topological polar surface area (TPSA) is 84.1 Å². The second-order valence-electron chi connectivity index (χ2n) is 3.89. The van der Waals surface area contributed by atoms with Gasteiger partial charge in [-0.1, -0.05) is 0 Å². The molecule has 1 saturated heterocycles. The van der Waals surface area contributed by atoms with E-state index in [0.29, 0.717) is 6.04 Å². The maximum absolute atomic E-state index is 10.8. The van der Waals surface area contributed by atoms with Gasteiger partial charge in [-0.2, -0.15) is 0 Å². The van der Waals surface area contributed by atoms with Gasteiger partial charge in [0.1, 0.15) is 0 Å². The van der Waals surface area contributed by atoms with Crippen molar-refractivity contribution >= 4 is 11.7 Å². The fourth-order valence-corrected chi connectivity index (χ4v) is 1.79. The monoisotopic (exact) mass is 221 g/mol. The Morgan fingerprint density at radius 3 is 2.94 bits per heavy atom. The van der Waals surface area contributed by atoms with Gasteiger partial charge in [-0.15, -0.1) is 10.2 Å². The highest BCUT2D eigenvalue weighted by molar-refractivity contribution is 5.90. The van der Waals surface area contributed by atoms with Crippen molar-refractivity contribution in [2.45, 2.75) is 13.0 Å². The van der Waals surface area contributed by atoms with Crippen LogP contribution in [0.2, 0.25) is 0 Å². The lowest BCUT2D eigenvalue weighted by molar-refractivity contribution is 0.0994. The van der Waals surface area contributed by atoms with Gasteiger partial charge in [-0.25, -0.2) is 0 Å². The Morgan fingerprint density at radius 1 is 1.56 bits per heavy atom. The van der Waals surface area contributed by atoms with E-state index in [4.69, 9.17) is 5.73 Å². The van der Waals surface area contributed by atoms with Crippen molar-refractivity contribution in [1.29, 1.82) is 0 Å². The largest absolute Gasteiger partial charge is 0.364 e. The van der Waals surface area contributed by atoms with E-state index < -0.39 is 5.91 Å². The Balaban J connectivity index is 2.17. The molecule has 0 spiro atoms. The quantitative estimate of drug-likeness (QED) is 0.695. The van der Waals surface area contributed by atoms with Crippen molar-refractivity contribution < 1.29 is 4.79 Å². The number of piperazine rings is 1. The maximum Gasteiger partial charge on any atom is 0.269 e. The highest BCUT2D eigenvalue weighted by atomic mass is 16.1. The third-order valence-electron chi connectivity index (χ3n) is 2.70. The SMILES string of the molecule is C[C@@H]1CNCCN1c1ccc(C(N)=O)nn1. The number of hydrogen-bond acceptors (Lipinski definition) is 5. The number of amides is 1. The maximum atomic E-state index is 10.8. The van der Waals surface area contributed by atoms with Crippen LogP contribution < -0.4 is 16.0 Å². The first kappa shape index (κ1) is 10.8. The first-order valence-electron chi connectivity index (χ1n) is 5.29. The van der Waals surface area contributed by atoms with E-state index in [1.165, 1.54) is 0 Å². The van der Waals surface area contributed by atoms with E-state index in [0.717, 1.165) is 25.5 Å². The summed E-state index contributed by atoms with van der Waals surface area (Å²) in [6, 6.07) is 3.77. The van der Waals surface area contributed by atoms with Crippen LogP contribution in [-0.2, 0) is 0 Å². The van der Waals surface area contributed by atoms with Gasteiger partial charge in [0, 0.05) is 25.7 Å². The van der Waals surface area contributed by atoms with Crippen LogP contribution in [-0.4, -0.2) is 41.8 Å². The van der Waals surface area contributed by atoms with Crippen LogP contribution >= 0.6 is 0 Å². The van der Waals surface area contributed by atoms with Crippen LogP contribution in [0.3, 0.4) is 0 Å². The second-order valence-corrected chi connectivity index (χ2v) is 3.89. The molecule has 6 heteroatoms. The molecule has 0 bridgehead atoms. The van der Waals surface area contributed by atoms with Gasteiger partial charge < -0.3 is 16.0 Å². The lowest BCUT2D eigenvalue weighted by atomic mass is 10.2. The Labute approximate surface area is 93.8 Å². The molecule has 1 aliphatic rings. The molecule has 2 heterocycles. The van der Waals surface area contributed by atoms with Gasteiger partial charge in [0.05, 0.1) is 0 Å². The number of nitrogens with one attached hydrogen (secondary N) is 1. The first-order valence-corrected chi connectivity index (χ1v) is 5.29. The Bertz CT molecular complexity index is 377. The summed E-state index contributed by atoms with van der Waals surface area (Å²) in [5, 5.41) is 11.1. The molecule has 2 rings (SSSR count). The highest BCUT2D eigenvalue weighted by Gasteiger charge is 2.19. The fraction of sp³-hybridized carbons (Fsp3) is 0.500. The number of primary amides is 1. The molecule has 16 heavy (non-hydrogen) atoms. The van der Waals surface area contributed by atoms with Crippen LogP contribution in [0.4, 0.5) is 5.82 Å². The summed E-state index contributed by atoms with van der Waals surface area (Å²) < 4.78 is 0. The molecular formula is C10H15N5O. The molecule has 6 nitrogen and oxygen atoms in total. The molecule has 1 fully saturated rings. The minimum Gasteiger partial charge on any atom is -0.364 e. The summed E-state index contributed by atoms with van der Waals surface area (Å²) in [4.78, 5) is 13.0. The molecule has 1 atom stereocenters. The van der Waals surface area contributed by atoms with Gasteiger partial charge in [-0.3, -0.25) is 4.79 Å². The van der Waals surface area contributed by atoms with Crippen LogP contribution in [0.1, 0.15) is 17.4 Å². The number of carbonyl (C=O) groups excluding carboxylic acids is 1. The number of hydrogen-bond donors (Lipinski definition) is 2. The fourth-order valence-electron chi connectivity index (χ4n) is 1.79. The first-order chi connectivity index (χ1) is 7.68. The van der Waals surface area contributed by atoms with Gasteiger partial charge >= 0.3 is 0 Å². The molecule has 3 N–H and O–H groups in total. The van der Waals surface area contributed by atoms with E-state index in [1.54, 1.807) is 12.1 Å². The number of nitrogens with zero attached hydrogens (tertiary/aromatic N) is 3. The molecule has 0 aromatic carbocycles. The molecule has 1 aromatic rings. The van der Waals surface area contributed by atoms with Crippen molar-refractivity contribution in [2.24, 2.45) is 5.73 Å². The van der Waals surface area contributed by atoms with Crippen LogP contribution in [0.5, 0.6) is 0 Å². The molecule has 0 radical (unpaired) electrons. The molecule has 1 amide bonds. The van der Waals surface area contributed by atoms with Crippen LogP contribution in [0.25, 0.3) is 0 Å². The lowest BCUT2D eigenvalue weighted by Gasteiger charge is -2.34. The van der Waals surface area contributed by atoms with Gasteiger partial charge in [0.15, 0.2) is 11.5 Å². The molecule has 0 saturated carbocycles. The normalized spacial score (nSPS) is 20.8. The predicted molar refractivity (Wildman–Crippen MR) is 60.2 cm³/mol. The molecular weight excluding hydrogens is 206 g/mol. The van der Waals surface area contributed by atoms with Crippen molar-refractivity contribution in [1.82, 2.24) is 15.5 Å².